The number of benzene rings is 7. The molecule has 3 heteroatoms. The van der Waals surface area contributed by atoms with E-state index in [9.17, 15) is 5.26 Å². The van der Waals surface area contributed by atoms with Crippen LogP contribution in [0.4, 0.5) is 0 Å². The third-order valence-electron chi connectivity index (χ3n) is 10.8. The summed E-state index contributed by atoms with van der Waals surface area (Å²) in [5, 5.41) is 12.1. The Kier molecular flexibility index (Phi) is 7.09. The number of aromatic nitrogens is 2. The van der Waals surface area contributed by atoms with Gasteiger partial charge in [-0.15, -0.1) is 0 Å². The van der Waals surface area contributed by atoms with Gasteiger partial charge in [-0.2, -0.15) is 5.26 Å². The molecule has 0 spiro atoms. The number of hydrogen-bond acceptors (Lipinski definition) is 3. The number of nitriles is 1. The highest BCUT2D eigenvalue weighted by Crippen LogP contribution is 2.58. The van der Waals surface area contributed by atoms with Crippen LogP contribution in [0.2, 0.25) is 0 Å². The molecule has 10 rings (SSSR count). The summed E-state index contributed by atoms with van der Waals surface area (Å²) in [6, 6.07) is 68.5. The van der Waals surface area contributed by atoms with E-state index < -0.39 is 5.41 Å². The molecule has 246 valence electrons. The van der Waals surface area contributed by atoms with Crippen LogP contribution >= 0.6 is 0 Å². The highest BCUT2D eigenvalue weighted by atomic mass is 14.8. The van der Waals surface area contributed by atoms with Gasteiger partial charge in [0.15, 0.2) is 0 Å². The molecule has 7 aromatic carbocycles. The van der Waals surface area contributed by atoms with Crippen molar-refractivity contribution in [2.24, 2.45) is 0 Å². The van der Waals surface area contributed by atoms with E-state index in [-0.39, 0.29) is 0 Å². The second-order valence-electron chi connectivity index (χ2n) is 13.6. The molecule has 0 saturated carbocycles. The van der Waals surface area contributed by atoms with Crippen molar-refractivity contribution in [3.05, 3.63) is 216 Å². The highest BCUT2D eigenvalue weighted by Gasteiger charge is 2.46. The Labute approximate surface area is 308 Å². The predicted molar refractivity (Wildman–Crippen MR) is 215 cm³/mol. The monoisotopic (exact) mass is 673 g/mol. The van der Waals surface area contributed by atoms with Gasteiger partial charge in [0.05, 0.1) is 39.5 Å². The smallest absolute Gasteiger partial charge is 0.0991 e. The summed E-state index contributed by atoms with van der Waals surface area (Å²) in [5.41, 5.74) is 14.9. The Morgan fingerprint density at radius 2 is 0.962 bits per heavy atom. The first-order valence-corrected chi connectivity index (χ1v) is 17.9. The van der Waals surface area contributed by atoms with Crippen LogP contribution < -0.4 is 0 Å². The van der Waals surface area contributed by atoms with Crippen molar-refractivity contribution >= 4 is 21.8 Å². The molecule has 53 heavy (non-hydrogen) atoms. The molecule has 0 atom stereocenters. The van der Waals surface area contributed by atoms with Crippen molar-refractivity contribution in [1.29, 1.82) is 5.26 Å². The van der Waals surface area contributed by atoms with Crippen LogP contribution in [-0.2, 0) is 5.41 Å². The van der Waals surface area contributed by atoms with Crippen LogP contribution in [0.3, 0.4) is 0 Å². The summed E-state index contributed by atoms with van der Waals surface area (Å²) in [6.07, 6.45) is 0. The zero-order valence-electron chi connectivity index (χ0n) is 28.7. The first-order valence-electron chi connectivity index (χ1n) is 17.9. The third kappa shape index (κ3) is 4.81. The highest BCUT2D eigenvalue weighted by molar-refractivity contribution is 6.05. The number of nitrogens with zero attached hydrogens (tertiary/aromatic N) is 3. The summed E-state index contributed by atoms with van der Waals surface area (Å²) in [6.45, 7) is 0. The van der Waals surface area contributed by atoms with Gasteiger partial charge in [0.1, 0.15) is 0 Å². The molecule has 0 unspecified atom stereocenters. The van der Waals surface area contributed by atoms with E-state index >= 15 is 0 Å². The summed E-state index contributed by atoms with van der Waals surface area (Å²) in [4.78, 5) is 10.6. The maximum absolute atomic E-state index is 10.0. The van der Waals surface area contributed by atoms with E-state index in [2.05, 4.69) is 158 Å². The van der Waals surface area contributed by atoms with E-state index in [4.69, 9.17) is 9.97 Å². The predicted octanol–water partition coefficient (Wildman–Crippen LogP) is 12.0. The van der Waals surface area contributed by atoms with Gasteiger partial charge >= 0.3 is 0 Å². The molecule has 2 aromatic heterocycles. The van der Waals surface area contributed by atoms with E-state index in [1.54, 1.807) is 0 Å². The summed E-state index contributed by atoms with van der Waals surface area (Å²) < 4.78 is 0. The first kappa shape index (κ1) is 30.7. The van der Waals surface area contributed by atoms with E-state index in [1.807, 2.05) is 36.4 Å². The zero-order chi connectivity index (χ0) is 35.4. The van der Waals surface area contributed by atoms with Gasteiger partial charge in [-0.05, 0) is 80.9 Å². The maximum Gasteiger partial charge on any atom is 0.0991 e. The fraction of sp³-hybridized carbons (Fsp3) is 0.0200. The minimum Gasteiger partial charge on any atom is -0.245 e. The summed E-state index contributed by atoms with van der Waals surface area (Å²) in [5.74, 6) is 0. The number of fused-ring (bicyclic) bond motifs is 6. The van der Waals surface area contributed by atoms with Crippen molar-refractivity contribution in [2.45, 2.75) is 5.41 Å². The largest absolute Gasteiger partial charge is 0.245 e. The molecule has 0 N–H and O–H groups in total. The molecular weight excluding hydrogens is 643 g/mol. The Morgan fingerprint density at radius 1 is 0.396 bits per heavy atom. The van der Waals surface area contributed by atoms with E-state index in [0.29, 0.717) is 5.56 Å². The lowest BCUT2D eigenvalue weighted by molar-refractivity contribution is 0.769. The molecule has 0 saturated heterocycles. The van der Waals surface area contributed by atoms with Crippen molar-refractivity contribution < 1.29 is 0 Å². The second kappa shape index (κ2) is 12.3. The Balaban J connectivity index is 1.29. The molecule has 0 radical (unpaired) electrons. The minimum absolute atomic E-state index is 0.556. The maximum atomic E-state index is 10.0. The Hall–Kier alpha value is -7.15. The standard InChI is InChI=1S/C50H31N3/c51-32-33-13-12-16-37(29-33)41-31-45-42(40-21-10-11-22-44(40)50(45,38-17-6-2-7-18-38)39-19-8-3-9-20-39)30-43(41)47-28-26-36-24-23-35-25-27-46(34-14-4-1-5-15-34)52-48(35)49(36)53-47/h1-31H. The molecule has 0 fully saturated rings. The molecular formula is C50H31N3. The molecule has 3 nitrogen and oxygen atoms in total. The molecule has 1 aliphatic carbocycles. The van der Waals surface area contributed by atoms with Crippen molar-refractivity contribution in [3.63, 3.8) is 0 Å². The Bertz CT molecular complexity index is 2850. The molecule has 1 aliphatic rings. The summed E-state index contributed by atoms with van der Waals surface area (Å²) >= 11 is 0. The van der Waals surface area contributed by atoms with Crippen LogP contribution in [0.25, 0.3) is 66.6 Å². The fourth-order valence-corrected chi connectivity index (χ4v) is 8.38. The summed E-state index contributed by atoms with van der Waals surface area (Å²) in [7, 11) is 0. The quantitative estimate of drug-likeness (QED) is 0.171. The fourth-order valence-electron chi connectivity index (χ4n) is 8.38. The molecule has 0 bridgehead atoms. The van der Waals surface area contributed by atoms with Crippen LogP contribution in [0, 0.1) is 11.3 Å². The van der Waals surface area contributed by atoms with Gasteiger partial charge in [-0.3, -0.25) is 0 Å². The van der Waals surface area contributed by atoms with Gasteiger partial charge in [0.25, 0.3) is 0 Å². The SMILES string of the molecule is N#Cc1cccc(-c2cc3c(cc2-c2ccc4ccc5ccc(-c6ccccc6)nc5c4n2)-c2ccccc2C3(c2ccccc2)c2ccccc2)c1. The first-order chi connectivity index (χ1) is 26.2. The van der Waals surface area contributed by atoms with Crippen molar-refractivity contribution in [2.75, 3.05) is 0 Å². The van der Waals surface area contributed by atoms with Gasteiger partial charge in [0.2, 0.25) is 0 Å². The van der Waals surface area contributed by atoms with Gasteiger partial charge < -0.3 is 0 Å². The van der Waals surface area contributed by atoms with Crippen LogP contribution in [0.1, 0.15) is 27.8 Å². The lowest BCUT2D eigenvalue weighted by atomic mass is 9.67. The van der Waals surface area contributed by atoms with E-state index in [0.717, 1.165) is 55.4 Å². The number of hydrogen-bond donors (Lipinski definition) is 0. The van der Waals surface area contributed by atoms with Crippen LogP contribution in [0.15, 0.2) is 188 Å². The minimum atomic E-state index is -0.556. The molecule has 0 aliphatic heterocycles. The second-order valence-corrected chi connectivity index (χ2v) is 13.6. The molecule has 0 amide bonds. The van der Waals surface area contributed by atoms with Gasteiger partial charge in [-0.25, -0.2) is 9.97 Å². The Morgan fingerprint density at radius 3 is 1.64 bits per heavy atom. The van der Waals surface area contributed by atoms with Crippen LogP contribution in [-0.4, -0.2) is 9.97 Å². The molecule has 9 aromatic rings. The average Bonchev–Trinajstić information content (AvgIpc) is 3.54. The van der Waals surface area contributed by atoms with Gasteiger partial charge in [-0.1, -0.05) is 152 Å². The van der Waals surface area contributed by atoms with Crippen molar-refractivity contribution in [3.8, 4) is 50.8 Å². The molecule has 2 heterocycles. The number of pyridine rings is 2. The lowest BCUT2D eigenvalue weighted by Crippen LogP contribution is -2.28. The number of rotatable bonds is 5. The zero-order valence-corrected chi connectivity index (χ0v) is 28.7. The normalized spacial score (nSPS) is 12.7. The van der Waals surface area contributed by atoms with Crippen molar-refractivity contribution in [1.82, 2.24) is 9.97 Å². The topological polar surface area (TPSA) is 49.6 Å². The third-order valence-corrected chi connectivity index (χ3v) is 10.8. The van der Waals surface area contributed by atoms with Crippen LogP contribution in [0.5, 0.6) is 0 Å². The average molecular weight is 674 g/mol. The van der Waals surface area contributed by atoms with Gasteiger partial charge in [0, 0.05) is 21.9 Å². The lowest BCUT2D eigenvalue weighted by Gasteiger charge is -2.34. The van der Waals surface area contributed by atoms with E-state index in [1.165, 1.54) is 33.4 Å².